The van der Waals surface area contributed by atoms with Crippen LogP contribution in [0.1, 0.15) is 251 Å². The molecule has 5 nitrogen and oxygen atoms in total. The fourth-order valence-electron chi connectivity index (χ4n) is 7.36. The normalized spacial score (nSPS) is 13.7. The molecule has 0 fully saturated rings. The number of aliphatic hydroxyl groups is 3. The van der Waals surface area contributed by atoms with E-state index in [-0.39, 0.29) is 18.9 Å². The van der Waals surface area contributed by atoms with Gasteiger partial charge in [-0.25, -0.2) is 0 Å². The van der Waals surface area contributed by atoms with Crippen molar-refractivity contribution in [3.63, 3.8) is 0 Å². The maximum Gasteiger partial charge on any atom is 0.222 e. The number of allylic oxidation sites excluding steroid dienone is 3. The summed E-state index contributed by atoms with van der Waals surface area (Å²) in [6, 6.07) is -0.757. The molecule has 4 N–H and O–H groups in total. The minimum absolute atomic E-state index is 0.00979. The van der Waals surface area contributed by atoms with Gasteiger partial charge in [-0.05, 0) is 32.1 Å². The van der Waals surface area contributed by atoms with Crippen LogP contribution in [0.2, 0.25) is 0 Å². The minimum Gasteiger partial charge on any atom is -0.394 e. The van der Waals surface area contributed by atoms with Gasteiger partial charge in [-0.2, -0.15) is 0 Å². The summed E-state index contributed by atoms with van der Waals surface area (Å²) in [7, 11) is 0. The molecule has 1 amide bonds. The van der Waals surface area contributed by atoms with Crippen LogP contribution in [0.3, 0.4) is 0 Å². The fourth-order valence-corrected chi connectivity index (χ4v) is 7.36. The first-order valence-electron chi connectivity index (χ1n) is 23.6. The van der Waals surface area contributed by atoms with Crippen molar-refractivity contribution >= 4 is 5.91 Å². The molecule has 314 valence electrons. The van der Waals surface area contributed by atoms with Gasteiger partial charge in [-0.1, -0.05) is 237 Å². The van der Waals surface area contributed by atoms with E-state index in [0.29, 0.717) is 6.42 Å². The number of unbranched alkanes of at least 4 members (excludes halogenated alkanes) is 32. The zero-order chi connectivity index (χ0) is 38.7. The summed E-state index contributed by atoms with van der Waals surface area (Å²) in [5.74, 6) is -0.322. The quantitative estimate of drug-likeness (QED) is 0.0369. The van der Waals surface area contributed by atoms with Crippen molar-refractivity contribution in [2.45, 2.75) is 270 Å². The second-order valence-electron chi connectivity index (χ2n) is 16.4. The zero-order valence-electron chi connectivity index (χ0n) is 35.7. The molecule has 0 aliphatic rings. The summed E-state index contributed by atoms with van der Waals surface area (Å²) in [5.41, 5.74) is 0. The first kappa shape index (κ1) is 51.8. The summed E-state index contributed by atoms with van der Waals surface area (Å²) in [6.07, 6.45) is 53.4. The van der Waals surface area contributed by atoms with Gasteiger partial charge in [0.2, 0.25) is 5.91 Å². The van der Waals surface area contributed by atoms with Gasteiger partial charge in [0.25, 0.3) is 0 Å². The van der Waals surface area contributed by atoms with E-state index in [9.17, 15) is 20.1 Å². The molecule has 0 radical (unpaired) electrons. The van der Waals surface area contributed by atoms with E-state index < -0.39 is 18.2 Å². The predicted octanol–water partition coefficient (Wildman–Crippen LogP) is 13.8. The van der Waals surface area contributed by atoms with Crippen LogP contribution in [-0.4, -0.2) is 46.1 Å². The molecule has 53 heavy (non-hydrogen) atoms. The lowest BCUT2D eigenvalue weighted by Gasteiger charge is -2.21. The molecule has 0 aliphatic carbocycles. The number of hydrogen-bond donors (Lipinski definition) is 4. The van der Waals surface area contributed by atoms with Crippen molar-refractivity contribution < 1.29 is 20.1 Å². The first-order chi connectivity index (χ1) is 26.0. The Bertz CT molecular complexity index is 784. The molecule has 3 atom stereocenters. The highest BCUT2D eigenvalue weighted by molar-refractivity contribution is 5.76. The van der Waals surface area contributed by atoms with Crippen LogP contribution < -0.4 is 5.32 Å². The van der Waals surface area contributed by atoms with E-state index in [1.54, 1.807) is 6.08 Å². The van der Waals surface area contributed by atoms with Crippen LogP contribution in [0.5, 0.6) is 0 Å². The zero-order valence-corrected chi connectivity index (χ0v) is 35.7. The standard InChI is InChI=1S/C48H93NO4/c1-3-5-7-9-11-13-15-17-18-19-20-21-22-23-24-25-26-27-28-30-31-33-35-37-39-41-45(51)43-48(53)49-46(44-50)47(52)42-40-38-36-34-32-29-16-14-12-10-8-6-4-2/h32,34,40,42,45-47,50-52H,3-31,33,35-39,41,43-44H2,1-2H3,(H,49,53)/b34-32+,42-40+. The number of amides is 1. The molecular weight excluding hydrogens is 655 g/mol. The first-order valence-corrected chi connectivity index (χ1v) is 23.6. The van der Waals surface area contributed by atoms with Gasteiger partial charge in [0.1, 0.15) is 0 Å². The summed E-state index contributed by atoms with van der Waals surface area (Å²) in [5, 5.41) is 33.2. The van der Waals surface area contributed by atoms with Gasteiger partial charge in [0.15, 0.2) is 0 Å². The van der Waals surface area contributed by atoms with Gasteiger partial charge in [-0.3, -0.25) is 4.79 Å². The van der Waals surface area contributed by atoms with Crippen molar-refractivity contribution in [1.29, 1.82) is 0 Å². The Hall–Kier alpha value is -1.17. The summed E-state index contributed by atoms with van der Waals surface area (Å²) >= 11 is 0. The highest BCUT2D eigenvalue weighted by Crippen LogP contribution is 2.17. The smallest absolute Gasteiger partial charge is 0.222 e. The van der Waals surface area contributed by atoms with E-state index >= 15 is 0 Å². The number of rotatable bonds is 43. The lowest BCUT2D eigenvalue weighted by molar-refractivity contribution is -0.124. The largest absolute Gasteiger partial charge is 0.394 e. The SMILES string of the molecule is CCCCCCCCC/C=C/CC/C=C/C(O)C(CO)NC(=O)CC(O)CCCCCCCCCCCCCCCCCCCCCCCCCCC. The van der Waals surface area contributed by atoms with E-state index in [4.69, 9.17) is 0 Å². The minimum atomic E-state index is -0.948. The van der Waals surface area contributed by atoms with E-state index in [2.05, 4.69) is 31.3 Å². The third-order valence-corrected chi connectivity index (χ3v) is 11.0. The number of hydrogen-bond acceptors (Lipinski definition) is 4. The van der Waals surface area contributed by atoms with Crippen LogP contribution in [0, 0.1) is 0 Å². The lowest BCUT2D eigenvalue weighted by Crippen LogP contribution is -2.45. The fraction of sp³-hybridized carbons (Fsp3) is 0.896. The maximum atomic E-state index is 12.4. The van der Waals surface area contributed by atoms with Crippen LogP contribution in [-0.2, 0) is 4.79 Å². The van der Waals surface area contributed by atoms with Crippen LogP contribution >= 0.6 is 0 Å². The van der Waals surface area contributed by atoms with Gasteiger partial charge in [0.05, 0.1) is 31.3 Å². The molecular formula is C48H93NO4. The topological polar surface area (TPSA) is 89.8 Å². The van der Waals surface area contributed by atoms with E-state index in [1.807, 2.05) is 6.08 Å². The summed E-state index contributed by atoms with van der Waals surface area (Å²) < 4.78 is 0. The Morgan fingerprint density at radius 1 is 0.472 bits per heavy atom. The second-order valence-corrected chi connectivity index (χ2v) is 16.4. The molecule has 0 aromatic carbocycles. The third kappa shape index (κ3) is 40.3. The summed E-state index contributed by atoms with van der Waals surface area (Å²) in [6.45, 7) is 4.20. The van der Waals surface area contributed by atoms with Gasteiger partial charge >= 0.3 is 0 Å². The average Bonchev–Trinajstić information content (AvgIpc) is 3.15. The molecule has 0 aliphatic heterocycles. The molecule has 0 saturated heterocycles. The number of carbonyl (C=O) groups excluding carboxylic acids is 1. The van der Waals surface area contributed by atoms with Crippen LogP contribution in [0.15, 0.2) is 24.3 Å². The molecule has 0 bridgehead atoms. The number of aliphatic hydroxyl groups excluding tert-OH is 3. The van der Waals surface area contributed by atoms with Crippen molar-refractivity contribution in [3.05, 3.63) is 24.3 Å². The van der Waals surface area contributed by atoms with Crippen LogP contribution in [0.4, 0.5) is 0 Å². The maximum absolute atomic E-state index is 12.4. The van der Waals surface area contributed by atoms with Gasteiger partial charge in [-0.15, -0.1) is 0 Å². The Balaban J connectivity index is 3.57. The third-order valence-electron chi connectivity index (χ3n) is 11.0. The number of nitrogens with one attached hydrogen (secondary N) is 1. The van der Waals surface area contributed by atoms with Crippen molar-refractivity contribution in [3.8, 4) is 0 Å². The average molecular weight is 748 g/mol. The van der Waals surface area contributed by atoms with E-state index in [1.165, 1.54) is 193 Å². The van der Waals surface area contributed by atoms with Crippen LogP contribution in [0.25, 0.3) is 0 Å². The predicted molar refractivity (Wildman–Crippen MR) is 231 cm³/mol. The highest BCUT2D eigenvalue weighted by atomic mass is 16.3. The second kappa shape index (κ2) is 43.6. The molecule has 3 unspecified atom stereocenters. The Morgan fingerprint density at radius 3 is 1.21 bits per heavy atom. The van der Waals surface area contributed by atoms with Crippen molar-refractivity contribution in [2.75, 3.05) is 6.61 Å². The van der Waals surface area contributed by atoms with Crippen molar-refractivity contribution in [1.82, 2.24) is 5.32 Å². The molecule has 0 spiro atoms. The molecule has 0 aromatic heterocycles. The molecule has 0 saturated carbocycles. The molecule has 0 heterocycles. The summed E-state index contributed by atoms with van der Waals surface area (Å²) in [4.78, 5) is 12.4. The monoisotopic (exact) mass is 748 g/mol. The Labute approximate surface area is 331 Å². The van der Waals surface area contributed by atoms with Crippen molar-refractivity contribution in [2.24, 2.45) is 0 Å². The Morgan fingerprint density at radius 2 is 0.811 bits per heavy atom. The highest BCUT2D eigenvalue weighted by Gasteiger charge is 2.20. The Kier molecular flexibility index (Phi) is 42.6. The van der Waals surface area contributed by atoms with Gasteiger partial charge < -0.3 is 20.6 Å². The lowest BCUT2D eigenvalue weighted by atomic mass is 10.0. The molecule has 0 rings (SSSR count). The van der Waals surface area contributed by atoms with Gasteiger partial charge in [0, 0.05) is 0 Å². The van der Waals surface area contributed by atoms with E-state index in [0.717, 1.165) is 32.1 Å². The molecule has 0 aromatic rings. The number of carbonyl (C=O) groups is 1. The molecule has 5 heteroatoms.